The lowest BCUT2D eigenvalue weighted by atomic mass is 10.1. The Morgan fingerprint density at radius 1 is 1.28 bits per heavy atom. The Balaban J connectivity index is 2.38. The molecule has 18 heavy (non-hydrogen) atoms. The monoisotopic (exact) mass is 276 g/mol. The molecule has 0 saturated heterocycles. The van der Waals surface area contributed by atoms with Crippen molar-refractivity contribution in [1.29, 1.82) is 0 Å². The van der Waals surface area contributed by atoms with Crippen LogP contribution < -0.4 is 4.74 Å². The van der Waals surface area contributed by atoms with E-state index in [0.29, 0.717) is 16.3 Å². The average Bonchev–Trinajstić information content (AvgIpc) is 2.77. The van der Waals surface area contributed by atoms with E-state index in [0.717, 1.165) is 6.07 Å². The van der Waals surface area contributed by atoms with Gasteiger partial charge < -0.3 is 4.74 Å². The standard InChI is InChI=1S/C11H8ClF3N2O/c1-18-9-3-2-6(4-7(9)12)8-5-10(17-16-8)11(13,14)15/h2-5H,1H3,(H,16,17). The van der Waals surface area contributed by atoms with Crippen molar-refractivity contribution in [2.24, 2.45) is 0 Å². The Kier molecular flexibility index (Phi) is 3.21. The quantitative estimate of drug-likeness (QED) is 0.907. The Morgan fingerprint density at radius 3 is 2.50 bits per heavy atom. The molecule has 7 heteroatoms. The Labute approximate surface area is 106 Å². The van der Waals surface area contributed by atoms with Crippen LogP contribution in [0.25, 0.3) is 11.3 Å². The molecule has 0 radical (unpaired) electrons. The number of rotatable bonds is 2. The maximum absolute atomic E-state index is 12.4. The van der Waals surface area contributed by atoms with Gasteiger partial charge >= 0.3 is 6.18 Å². The molecule has 2 aromatic rings. The summed E-state index contributed by atoms with van der Waals surface area (Å²) in [6.07, 6.45) is -4.44. The molecule has 2 rings (SSSR count). The number of nitrogens with one attached hydrogen (secondary N) is 1. The minimum absolute atomic E-state index is 0.173. The van der Waals surface area contributed by atoms with Crippen molar-refractivity contribution in [3.8, 4) is 17.0 Å². The first-order valence-electron chi connectivity index (χ1n) is 4.88. The summed E-state index contributed by atoms with van der Waals surface area (Å²) in [6, 6.07) is 5.58. The van der Waals surface area contributed by atoms with Gasteiger partial charge in [0.2, 0.25) is 0 Å². The predicted molar refractivity (Wildman–Crippen MR) is 60.6 cm³/mol. The number of hydrogen-bond donors (Lipinski definition) is 1. The molecule has 0 aliphatic carbocycles. The highest BCUT2D eigenvalue weighted by molar-refractivity contribution is 6.32. The molecule has 96 valence electrons. The molecule has 1 N–H and O–H groups in total. The molecular formula is C11H8ClF3N2O. The van der Waals surface area contributed by atoms with E-state index < -0.39 is 11.9 Å². The zero-order chi connectivity index (χ0) is 13.3. The smallest absolute Gasteiger partial charge is 0.432 e. The lowest BCUT2D eigenvalue weighted by Gasteiger charge is -2.04. The highest BCUT2D eigenvalue weighted by Crippen LogP contribution is 2.33. The van der Waals surface area contributed by atoms with Gasteiger partial charge in [0.15, 0.2) is 0 Å². The third-order valence-corrected chi connectivity index (χ3v) is 2.63. The third-order valence-electron chi connectivity index (χ3n) is 2.33. The van der Waals surface area contributed by atoms with Crippen LogP contribution in [0.3, 0.4) is 0 Å². The molecule has 0 bridgehead atoms. The van der Waals surface area contributed by atoms with Gasteiger partial charge in [-0.25, -0.2) is 0 Å². The summed E-state index contributed by atoms with van der Waals surface area (Å²) < 4.78 is 42.1. The second-order valence-corrected chi connectivity index (χ2v) is 3.92. The van der Waals surface area contributed by atoms with Gasteiger partial charge in [0, 0.05) is 5.56 Å². The van der Waals surface area contributed by atoms with E-state index >= 15 is 0 Å². The molecule has 0 amide bonds. The van der Waals surface area contributed by atoms with Crippen LogP contribution >= 0.6 is 11.6 Å². The number of hydrogen-bond acceptors (Lipinski definition) is 2. The van der Waals surface area contributed by atoms with Crippen molar-refractivity contribution < 1.29 is 17.9 Å². The van der Waals surface area contributed by atoms with Gasteiger partial charge in [0.1, 0.15) is 11.4 Å². The maximum Gasteiger partial charge on any atom is 0.432 e. The molecule has 0 fully saturated rings. The van der Waals surface area contributed by atoms with Gasteiger partial charge in [-0.3, -0.25) is 5.10 Å². The van der Waals surface area contributed by atoms with E-state index in [1.54, 1.807) is 12.1 Å². The molecule has 0 unspecified atom stereocenters. The fraction of sp³-hybridized carbons (Fsp3) is 0.182. The summed E-state index contributed by atoms with van der Waals surface area (Å²) in [7, 11) is 1.46. The highest BCUT2D eigenvalue weighted by Gasteiger charge is 2.33. The van der Waals surface area contributed by atoms with Gasteiger partial charge in [0.05, 0.1) is 17.8 Å². The van der Waals surface area contributed by atoms with Crippen molar-refractivity contribution in [3.63, 3.8) is 0 Å². The number of alkyl halides is 3. The average molecular weight is 277 g/mol. The molecular weight excluding hydrogens is 269 g/mol. The number of benzene rings is 1. The van der Waals surface area contributed by atoms with Crippen molar-refractivity contribution in [2.45, 2.75) is 6.18 Å². The largest absolute Gasteiger partial charge is 0.495 e. The minimum Gasteiger partial charge on any atom is -0.495 e. The van der Waals surface area contributed by atoms with Gasteiger partial charge in [-0.05, 0) is 24.3 Å². The normalized spacial score (nSPS) is 11.6. The predicted octanol–water partition coefficient (Wildman–Crippen LogP) is 3.76. The summed E-state index contributed by atoms with van der Waals surface area (Å²) >= 11 is 5.89. The van der Waals surface area contributed by atoms with Crippen LogP contribution in [-0.4, -0.2) is 17.3 Å². The topological polar surface area (TPSA) is 37.9 Å². The molecule has 0 atom stereocenters. The lowest BCUT2D eigenvalue weighted by molar-refractivity contribution is -0.141. The van der Waals surface area contributed by atoms with E-state index in [1.807, 2.05) is 5.10 Å². The summed E-state index contributed by atoms with van der Waals surface area (Å²) in [5.74, 6) is 0.451. The van der Waals surface area contributed by atoms with Crippen molar-refractivity contribution in [1.82, 2.24) is 10.2 Å². The fourth-order valence-electron chi connectivity index (χ4n) is 1.44. The first-order chi connectivity index (χ1) is 8.41. The molecule has 1 heterocycles. The van der Waals surface area contributed by atoms with E-state index in [-0.39, 0.29) is 5.69 Å². The van der Waals surface area contributed by atoms with Crippen LogP contribution in [-0.2, 0) is 6.18 Å². The van der Waals surface area contributed by atoms with Crippen LogP contribution in [0.2, 0.25) is 5.02 Å². The summed E-state index contributed by atoms with van der Waals surface area (Å²) in [5, 5.41) is 5.86. The highest BCUT2D eigenvalue weighted by atomic mass is 35.5. The number of H-pyrrole nitrogens is 1. The van der Waals surface area contributed by atoms with Crippen LogP contribution in [0.1, 0.15) is 5.69 Å². The van der Waals surface area contributed by atoms with Crippen LogP contribution in [0.5, 0.6) is 5.75 Å². The molecule has 1 aromatic carbocycles. The van der Waals surface area contributed by atoms with Gasteiger partial charge in [-0.1, -0.05) is 11.6 Å². The maximum atomic E-state index is 12.4. The number of methoxy groups -OCH3 is 1. The Bertz CT molecular complexity index is 566. The van der Waals surface area contributed by atoms with E-state index in [2.05, 4.69) is 5.10 Å². The Morgan fingerprint density at radius 2 is 2.00 bits per heavy atom. The zero-order valence-corrected chi connectivity index (χ0v) is 9.93. The number of halogens is 4. The minimum atomic E-state index is -4.44. The SMILES string of the molecule is COc1ccc(-c2cc(C(F)(F)F)[nH]n2)cc1Cl. The van der Waals surface area contributed by atoms with E-state index in [1.165, 1.54) is 13.2 Å². The lowest BCUT2D eigenvalue weighted by Crippen LogP contribution is -2.04. The first kappa shape index (κ1) is 12.8. The summed E-state index contributed by atoms with van der Waals surface area (Å²) in [6.45, 7) is 0. The Hall–Kier alpha value is -1.69. The number of ether oxygens (including phenoxy) is 1. The van der Waals surface area contributed by atoms with Crippen molar-refractivity contribution in [2.75, 3.05) is 7.11 Å². The van der Waals surface area contributed by atoms with Crippen LogP contribution in [0.15, 0.2) is 24.3 Å². The van der Waals surface area contributed by atoms with Crippen molar-refractivity contribution in [3.05, 3.63) is 35.0 Å². The second kappa shape index (κ2) is 4.53. The summed E-state index contributed by atoms with van der Waals surface area (Å²) in [4.78, 5) is 0. The van der Waals surface area contributed by atoms with Crippen molar-refractivity contribution >= 4 is 11.6 Å². The van der Waals surface area contributed by atoms with Gasteiger partial charge in [-0.15, -0.1) is 0 Å². The number of aromatic amines is 1. The third kappa shape index (κ3) is 2.43. The van der Waals surface area contributed by atoms with Crippen LogP contribution in [0.4, 0.5) is 13.2 Å². The molecule has 1 aromatic heterocycles. The van der Waals surface area contributed by atoms with Crippen LogP contribution in [0, 0.1) is 0 Å². The zero-order valence-electron chi connectivity index (χ0n) is 9.18. The summed E-state index contributed by atoms with van der Waals surface area (Å²) in [5.41, 5.74) is -0.246. The first-order valence-corrected chi connectivity index (χ1v) is 5.26. The van der Waals surface area contributed by atoms with E-state index in [4.69, 9.17) is 16.3 Å². The fourth-order valence-corrected chi connectivity index (χ4v) is 1.70. The number of aromatic nitrogens is 2. The number of nitrogens with zero attached hydrogens (tertiary/aromatic N) is 1. The van der Waals surface area contributed by atoms with Gasteiger partial charge in [-0.2, -0.15) is 18.3 Å². The molecule has 0 aliphatic rings. The van der Waals surface area contributed by atoms with Gasteiger partial charge in [0.25, 0.3) is 0 Å². The molecule has 3 nitrogen and oxygen atoms in total. The molecule has 0 spiro atoms. The molecule has 0 saturated carbocycles. The molecule has 0 aliphatic heterocycles. The second-order valence-electron chi connectivity index (χ2n) is 3.51. The van der Waals surface area contributed by atoms with E-state index in [9.17, 15) is 13.2 Å².